The van der Waals surface area contributed by atoms with Crippen LogP contribution in [0.3, 0.4) is 0 Å². The number of tetrazole rings is 1. The Morgan fingerprint density at radius 2 is 2.20 bits per heavy atom. The van der Waals surface area contributed by atoms with Gasteiger partial charge in [0.15, 0.2) is 5.82 Å². The Labute approximate surface area is 117 Å². The molecule has 0 amide bonds. The zero-order chi connectivity index (χ0) is 14.2. The molecule has 1 aromatic heterocycles. The Balaban J connectivity index is 1.98. The molecule has 2 N–H and O–H groups in total. The minimum absolute atomic E-state index is 0.303. The van der Waals surface area contributed by atoms with Gasteiger partial charge in [-0.05, 0) is 46.9 Å². The first-order chi connectivity index (χ1) is 9.61. The Morgan fingerprint density at radius 1 is 1.40 bits per heavy atom. The van der Waals surface area contributed by atoms with Gasteiger partial charge in [0.05, 0.1) is 19.2 Å². The van der Waals surface area contributed by atoms with E-state index in [0.29, 0.717) is 16.9 Å². The Morgan fingerprint density at radius 3 is 2.85 bits per heavy atom. The number of benzene rings is 1. The van der Waals surface area contributed by atoms with Crippen LogP contribution in [0.5, 0.6) is 5.75 Å². The third-order valence-corrected chi connectivity index (χ3v) is 4.09. The van der Waals surface area contributed by atoms with E-state index >= 15 is 0 Å². The minimum Gasteiger partial charge on any atom is -0.496 e. The number of aromatic nitrogens is 4. The van der Waals surface area contributed by atoms with E-state index in [9.17, 15) is 0 Å². The average molecular weight is 273 g/mol. The van der Waals surface area contributed by atoms with Crippen LogP contribution in [0.25, 0.3) is 11.4 Å². The van der Waals surface area contributed by atoms with E-state index in [4.69, 9.17) is 10.5 Å². The molecule has 1 aromatic carbocycles. The Bertz CT molecular complexity index is 618. The van der Waals surface area contributed by atoms with Crippen molar-refractivity contribution in [1.82, 2.24) is 20.2 Å². The van der Waals surface area contributed by atoms with Crippen molar-refractivity contribution in [2.45, 2.75) is 32.7 Å². The summed E-state index contributed by atoms with van der Waals surface area (Å²) in [6.45, 7) is 3.10. The molecule has 0 radical (unpaired) electrons. The van der Waals surface area contributed by atoms with Gasteiger partial charge in [-0.2, -0.15) is 0 Å². The van der Waals surface area contributed by atoms with Crippen LogP contribution < -0.4 is 10.5 Å². The molecule has 1 heterocycles. The molecule has 6 nitrogen and oxygen atoms in total. The highest BCUT2D eigenvalue weighted by molar-refractivity contribution is 5.68. The molecule has 0 aliphatic heterocycles. The number of rotatable bonds is 4. The molecule has 3 rings (SSSR count). The van der Waals surface area contributed by atoms with Crippen molar-refractivity contribution >= 4 is 5.69 Å². The first-order valence-corrected chi connectivity index (χ1v) is 6.81. The maximum absolute atomic E-state index is 5.87. The molecule has 6 heteroatoms. The maximum atomic E-state index is 5.87. The van der Waals surface area contributed by atoms with Gasteiger partial charge in [0.1, 0.15) is 5.75 Å². The summed E-state index contributed by atoms with van der Waals surface area (Å²) in [5.74, 6) is 1.44. The van der Waals surface area contributed by atoms with Crippen LogP contribution in [-0.2, 0) is 6.54 Å². The molecular formula is C14H19N5O. The fourth-order valence-electron chi connectivity index (χ4n) is 2.70. The number of nitrogens with two attached hydrogens (primary N) is 1. The second-order valence-corrected chi connectivity index (χ2v) is 5.78. The summed E-state index contributed by atoms with van der Waals surface area (Å²) < 4.78 is 7.24. The van der Waals surface area contributed by atoms with Gasteiger partial charge in [0.25, 0.3) is 0 Å². The third-order valence-electron chi connectivity index (χ3n) is 4.09. The predicted molar refractivity (Wildman–Crippen MR) is 76.2 cm³/mol. The van der Waals surface area contributed by atoms with Crippen molar-refractivity contribution in [1.29, 1.82) is 0 Å². The molecular weight excluding hydrogens is 254 g/mol. The molecule has 2 aromatic rings. The van der Waals surface area contributed by atoms with E-state index in [-0.39, 0.29) is 0 Å². The lowest BCUT2D eigenvalue weighted by molar-refractivity contribution is 0.126. The minimum atomic E-state index is 0.303. The zero-order valence-electron chi connectivity index (χ0n) is 11.8. The molecule has 0 bridgehead atoms. The number of methoxy groups -OCH3 is 1. The van der Waals surface area contributed by atoms with Crippen LogP contribution in [0.1, 0.15) is 26.2 Å². The van der Waals surface area contributed by atoms with Crippen molar-refractivity contribution in [2.24, 2.45) is 5.41 Å². The Hall–Kier alpha value is -2.11. The lowest BCUT2D eigenvalue weighted by Crippen LogP contribution is -2.31. The fourth-order valence-corrected chi connectivity index (χ4v) is 2.70. The number of hydrogen-bond acceptors (Lipinski definition) is 5. The maximum Gasteiger partial charge on any atom is 0.185 e. The van der Waals surface area contributed by atoms with E-state index in [0.717, 1.165) is 17.9 Å². The van der Waals surface area contributed by atoms with Crippen molar-refractivity contribution in [3.63, 3.8) is 0 Å². The average Bonchev–Trinajstić information content (AvgIpc) is 2.84. The third kappa shape index (κ3) is 2.21. The Kier molecular flexibility index (Phi) is 3.08. The highest BCUT2D eigenvalue weighted by atomic mass is 16.5. The van der Waals surface area contributed by atoms with Gasteiger partial charge < -0.3 is 10.5 Å². The van der Waals surface area contributed by atoms with Gasteiger partial charge in [-0.3, -0.25) is 0 Å². The summed E-state index contributed by atoms with van der Waals surface area (Å²) in [7, 11) is 1.64. The lowest BCUT2D eigenvalue weighted by atomic mass is 9.70. The molecule has 0 spiro atoms. The van der Waals surface area contributed by atoms with Crippen molar-refractivity contribution in [2.75, 3.05) is 12.8 Å². The van der Waals surface area contributed by atoms with Crippen LogP contribution in [0.15, 0.2) is 18.2 Å². The summed E-state index contributed by atoms with van der Waals surface area (Å²) in [5.41, 5.74) is 7.68. The topological polar surface area (TPSA) is 78.8 Å². The smallest absolute Gasteiger partial charge is 0.185 e. The number of nitrogen functional groups attached to an aromatic ring is 1. The second kappa shape index (κ2) is 4.77. The highest BCUT2D eigenvalue weighted by Gasteiger charge is 2.33. The summed E-state index contributed by atoms with van der Waals surface area (Å²) >= 11 is 0. The lowest BCUT2D eigenvalue weighted by Gasteiger charge is -2.38. The first-order valence-electron chi connectivity index (χ1n) is 6.81. The highest BCUT2D eigenvalue weighted by Crippen LogP contribution is 2.42. The van der Waals surface area contributed by atoms with E-state index in [1.165, 1.54) is 19.3 Å². The molecule has 1 aliphatic carbocycles. The van der Waals surface area contributed by atoms with Crippen molar-refractivity contribution in [3.05, 3.63) is 18.2 Å². The number of hydrogen-bond donors (Lipinski definition) is 1. The standard InChI is InChI=1S/C14H19N5O/c1-14(6-3-7-14)9-19-13(16-17-18-19)11-8-10(15)4-5-12(11)20-2/h4-5,8H,3,6-7,9,15H2,1-2H3. The molecule has 0 atom stereocenters. The van der Waals surface area contributed by atoms with E-state index < -0.39 is 0 Å². The first kappa shape index (κ1) is 12.9. The molecule has 1 aliphatic rings. The van der Waals surface area contributed by atoms with Gasteiger partial charge in [0.2, 0.25) is 0 Å². The normalized spacial score (nSPS) is 16.7. The van der Waals surface area contributed by atoms with Gasteiger partial charge in [-0.25, -0.2) is 4.68 Å². The van der Waals surface area contributed by atoms with E-state index in [1.807, 2.05) is 22.9 Å². The van der Waals surface area contributed by atoms with Crippen molar-refractivity contribution < 1.29 is 4.74 Å². The summed E-state index contributed by atoms with van der Waals surface area (Å²) in [6, 6.07) is 5.50. The van der Waals surface area contributed by atoms with E-state index in [1.54, 1.807) is 7.11 Å². The molecule has 1 fully saturated rings. The molecule has 1 saturated carbocycles. The van der Waals surface area contributed by atoms with Gasteiger partial charge in [-0.15, -0.1) is 5.10 Å². The summed E-state index contributed by atoms with van der Waals surface area (Å²) in [4.78, 5) is 0. The van der Waals surface area contributed by atoms with Gasteiger partial charge in [-0.1, -0.05) is 13.3 Å². The molecule has 20 heavy (non-hydrogen) atoms. The molecule has 0 unspecified atom stereocenters. The van der Waals surface area contributed by atoms with Crippen LogP contribution in [0, 0.1) is 5.41 Å². The van der Waals surface area contributed by atoms with Crippen molar-refractivity contribution in [3.8, 4) is 17.1 Å². The van der Waals surface area contributed by atoms with Crippen LogP contribution >= 0.6 is 0 Å². The number of nitrogens with zero attached hydrogens (tertiary/aromatic N) is 4. The second-order valence-electron chi connectivity index (χ2n) is 5.78. The molecule has 0 saturated heterocycles. The van der Waals surface area contributed by atoms with E-state index in [2.05, 4.69) is 22.4 Å². The summed E-state index contributed by atoms with van der Waals surface area (Å²) in [6.07, 6.45) is 3.73. The van der Waals surface area contributed by atoms with Crippen LogP contribution in [-0.4, -0.2) is 27.3 Å². The van der Waals surface area contributed by atoms with Crippen LogP contribution in [0.2, 0.25) is 0 Å². The number of ether oxygens (including phenoxy) is 1. The zero-order valence-corrected chi connectivity index (χ0v) is 11.8. The van der Waals surface area contributed by atoms with Gasteiger partial charge >= 0.3 is 0 Å². The SMILES string of the molecule is COc1ccc(N)cc1-c1nnnn1CC1(C)CCC1. The monoisotopic (exact) mass is 273 g/mol. The fraction of sp³-hybridized carbons (Fsp3) is 0.500. The predicted octanol–water partition coefficient (Wildman–Crippen LogP) is 2.12. The van der Waals surface area contributed by atoms with Gasteiger partial charge in [0, 0.05) is 5.69 Å². The quantitative estimate of drug-likeness (QED) is 0.863. The molecule has 106 valence electrons. The van der Waals surface area contributed by atoms with Crippen LogP contribution in [0.4, 0.5) is 5.69 Å². The number of anilines is 1. The summed E-state index contributed by atoms with van der Waals surface area (Å²) in [5, 5.41) is 12.1. The largest absolute Gasteiger partial charge is 0.496 e.